The first kappa shape index (κ1) is 27.4. The summed E-state index contributed by atoms with van der Waals surface area (Å²) in [4.78, 5) is 5.36. The molecule has 2 nitrogen and oxygen atoms in total. The van der Waals surface area contributed by atoms with Crippen LogP contribution >= 0.6 is 0 Å². The van der Waals surface area contributed by atoms with Crippen LogP contribution in [0.1, 0.15) is 66.3 Å². The van der Waals surface area contributed by atoms with E-state index in [9.17, 15) is 0 Å². The molecule has 0 fully saturated rings. The molecule has 2 heterocycles. The molecule has 5 atom stereocenters. The number of aromatic nitrogens is 1. The van der Waals surface area contributed by atoms with Crippen molar-refractivity contribution in [3.05, 3.63) is 159 Å². The molecule has 4 aromatic rings. The van der Waals surface area contributed by atoms with Crippen LogP contribution in [0.15, 0.2) is 132 Å². The van der Waals surface area contributed by atoms with Gasteiger partial charge in [0.1, 0.15) is 5.82 Å². The molecule has 230 valence electrons. The first-order valence-electron chi connectivity index (χ1n) is 17.7. The van der Waals surface area contributed by atoms with E-state index in [1.54, 1.807) is 16.7 Å². The predicted molar refractivity (Wildman–Crippen MR) is 194 cm³/mol. The molecule has 5 aliphatic carbocycles. The maximum atomic E-state index is 5.36. The van der Waals surface area contributed by atoms with Gasteiger partial charge in [0, 0.05) is 29.5 Å². The number of benzene rings is 3. The standard InChI is InChI=1S/C45H40N2/c1-26-15-17-37-33-14-8-13-32(27(33)2)35-18-16-30(44-39(28-9-4-3-5-10-28)25-31-21-22-46-45(31)47-44)24-40(35)38-20-19-36-34-12-7-6-11-29(34)23-41(36)43(38)42(26)37/h3-7,9-12,14-20,24-25,27,32,36-37,41H,8,13,21-23H2,1-2H3,(H,46,47). The van der Waals surface area contributed by atoms with Gasteiger partial charge in [-0.15, -0.1) is 0 Å². The van der Waals surface area contributed by atoms with Crippen molar-refractivity contribution in [2.45, 2.75) is 51.4 Å². The molecular formula is C45H40N2. The van der Waals surface area contributed by atoms with Crippen molar-refractivity contribution in [2.24, 2.45) is 17.8 Å². The molecule has 47 heavy (non-hydrogen) atoms. The molecular weight excluding hydrogens is 569 g/mol. The van der Waals surface area contributed by atoms with Gasteiger partial charge in [-0.05, 0) is 118 Å². The molecule has 1 aromatic heterocycles. The SMILES string of the molecule is CC1=C2C3=C(C=CC4c5ccccc5CC34)c3cc(-c4nc5c(cc4-c4ccccc4)CCN5)ccc3C3CCC=C(C2C=C1)C3C. The normalized spacial score (nSPS) is 26.3. The highest BCUT2D eigenvalue weighted by molar-refractivity contribution is 5.90. The van der Waals surface area contributed by atoms with Gasteiger partial charge in [-0.2, -0.15) is 0 Å². The van der Waals surface area contributed by atoms with Crippen molar-refractivity contribution in [3.8, 4) is 22.4 Å². The molecule has 2 bridgehead atoms. The van der Waals surface area contributed by atoms with Crippen LogP contribution in [-0.4, -0.2) is 11.5 Å². The molecule has 10 rings (SSSR count). The Labute approximate surface area is 278 Å². The Morgan fingerprint density at radius 3 is 2.55 bits per heavy atom. The molecule has 0 spiro atoms. The summed E-state index contributed by atoms with van der Waals surface area (Å²) < 4.78 is 0. The van der Waals surface area contributed by atoms with Crippen molar-refractivity contribution in [2.75, 3.05) is 11.9 Å². The summed E-state index contributed by atoms with van der Waals surface area (Å²) in [6.07, 6.45) is 17.1. The molecule has 3 aromatic carbocycles. The minimum atomic E-state index is 0.372. The summed E-state index contributed by atoms with van der Waals surface area (Å²) in [7, 11) is 0. The fraction of sp³-hybridized carbons (Fsp3) is 0.267. The maximum absolute atomic E-state index is 5.36. The van der Waals surface area contributed by atoms with Gasteiger partial charge in [0.2, 0.25) is 0 Å². The van der Waals surface area contributed by atoms with Crippen LogP contribution in [0.3, 0.4) is 0 Å². The zero-order valence-electron chi connectivity index (χ0n) is 27.3. The lowest BCUT2D eigenvalue weighted by Gasteiger charge is -2.35. The number of nitrogens with one attached hydrogen (secondary N) is 1. The molecule has 0 amide bonds. The van der Waals surface area contributed by atoms with Gasteiger partial charge in [-0.25, -0.2) is 4.98 Å². The van der Waals surface area contributed by atoms with Gasteiger partial charge in [0.25, 0.3) is 0 Å². The third-order valence-corrected chi connectivity index (χ3v) is 12.2. The second kappa shape index (κ2) is 10.4. The van der Waals surface area contributed by atoms with Crippen LogP contribution in [0, 0.1) is 17.8 Å². The number of nitrogens with zero attached hydrogens (tertiary/aromatic N) is 1. The first-order chi connectivity index (χ1) is 23.1. The maximum Gasteiger partial charge on any atom is 0.129 e. The van der Waals surface area contributed by atoms with E-state index in [2.05, 4.69) is 128 Å². The van der Waals surface area contributed by atoms with E-state index in [1.165, 1.54) is 62.1 Å². The van der Waals surface area contributed by atoms with Gasteiger partial charge < -0.3 is 5.32 Å². The smallest absolute Gasteiger partial charge is 0.129 e. The Kier molecular flexibility index (Phi) is 6.07. The molecule has 0 saturated carbocycles. The van der Waals surface area contributed by atoms with Crippen LogP contribution in [0.4, 0.5) is 5.82 Å². The van der Waals surface area contributed by atoms with Crippen molar-refractivity contribution >= 4 is 11.4 Å². The summed E-state index contributed by atoms with van der Waals surface area (Å²) in [5.74, 6) is 3.29. The van der Waals surface area contributed by atoms with Crippen LogP contribution < -0.4 is 5.32 Å². The third-order valence-electron chi connectivity index (χ3n) is 12.2. The van der Waals surface area contributed by atoms with E-state index in [0.717, 1.165) is 37.3 Å². The van der Waals surface area contributed by atoms with Gasteiger partial charge in [-0.3, -0.25) is 0 Å². The van der Waals surface area contributed by atoms with E-state index in [4.69, 9.17) is 4.98 Å². The number of fused-ring (bicyclic) bond motifs is 13. The summed E-state index contributed by atoms with van der Waals surface area (Å²) in [5.41, 5.74) is 19.7. The number of allylic oxidation sites excluding steroid dienone is 10. The zero-order valence-corrected chi connectivity index (χ0v) is 27.3. The number of pyridine rings is 1. The highest BCUT2D eigenvalue weighted by atomic mass is 15.0. The van der Waals surface area contributed by atoms with Gasteiger partial charge in [0.05, 0.1) is 5.69 Å². The van der Waals surface area contributed by atoms with Crippen molar-refractivity contribution in [3.63, 3.8) is 0 Å². The summed E-state index contributed by atoms with van der Waals surface area (Å²) in [6, 6.07) is 29.8. The second-order valence-electron chi connectivity index (χ2n) is 14.6. The monoisotopic (exact) mass is 608 g/mol. The minimum absolute atomic E-state index is 0.372. The van der Waals surface area contributed by atoms with Crippen LogP contribution in [0.2, 0.25) is 0 Å². The molecule has 0 radical (unpaired) electrons. The molecule has 5 unspecified atom stereocenters. The highest BCUT2D eigenvalue weighted by Crippen LogP contribution is 2.57. The number of hydrogen-bond acceptors (Lipinski definition) is 2. The summed E-state index contributed by atoms with van der Waals surface area (Å²) in [5, 5.41) is 3.57. The fourth-order valence-corrected chi connectivity index (χ4v) is 10.0. The van der Waals surface area contributed by atoms with Gasteiger partial charge in [0.15, 0.2) is 0 Å². The lowest BCUT2D eigenvalue weighted by Crippen LogP contribution is -2.22. The minimum Gasteiger partial charge on any atom is -0.369 e. The van der Waals surface area contributed by atoms with Crippen LogP contribution in [-0.2, 0) is 12.8 Å². The Balaban J connectivity index is 1.24. The summed E-state index contributed by atoms with van der Waals surface area (Å²) in [6.45, 7) is 5.82. The topological polar surface area (TPSA) is 24.9 Å². The highest BCUT2D eigenvalue weighted by Gasteiger charge is 2.43. The van der Waals surface area contributed by atoms with E-state index in [-0.39, 0.29) is 0 Å². The van der Waals surface area contributed by atoms with Crippen molar-refractivity contribution in [1.82, 2.24) is 4.98 Å². The number of anilines is 1. The van der Waals surface area contributed by atoms with E-state index >= 15 is 0 Å². The average molecular weight is 609 g/mol. The zero-order chi connectivity index (χ0) is 31.2. The lowest BCUT2D eigenvalue weighted by atomic mass is 9.69. The second-order valence-corrected chi connectivity index (χ2v) is 14.6. The van der Waals surface area contributed by atoms with E-state index in [1.807, 2.05) is 0 Å². The van der Waals surface area contributed by atoms with Crippen LogP contribution in [0.5, 0.6) is 0 Å². The van der Waals surface area contributed by atoms with Gasteiger partial charge in [-0.1, -0.05) is 110 Å². The molecule has 6 aliphatic rings. The quantitative estimate of drug-likeness (QED) is 0.229. The summed E-state index contributed by atoms with van der Waals surface area (Å²) >= 11 is 0. The largest absolute Gasteiger partial charge is 0.369 e. The van der Waals surface area contributed by atoms with Crippen molar-refractivity contribution in [1.29, 1.82) is 0 Å². The Morgan fingerprint density at radius 2 is 1.64 bits per heavy atom. The Hall–Kier alpha value is -4.69. The average Bonchev–Trinajstić information content (AvgIpc) is 3.84. The molecule has 1 aliphatic heterocycles. The molecule has 1 N–H and O–H groups in total. The first-order valence-corrected chi connectivity index (χ1v) is 17.7. The predicted octanol–water partition coefficient (Wildman–Crippen LogP) is 10.6. The molecule has 2 heteroatoms. The lowest BCUT2D eigenvalue weighted by molar-refractivity contribution is 0.444. The number of rotatable bonds is 2. The van der Waals surface area contributed by atoms with Gasteiger partial charge >= 0.3 is 0 Å². The third kappa shape index (κ3) is 4.07. The van der Waals surface area contributed by atoms with Crippen LogP contribution in [0.25, 0.3) is 28.0 Å². The van der Waals surface area contributed by atoms with Crippen molar-refractivity contribution < 1.29 is 0 Å². The van der Waals surface area contributed by atoms with E-state index < -0.39 is 0 Å². The Morgan fingerprint density at radius 1 is 0.766 bits per heavy atom. The van der Waals surface area contributed by atoms with E-state index in [0.29, 0.717) is 29.6 Å². The molecule has 0 saturated heterocycles. The fourth-order valence-electron chi connectivity index (χ4n) is 10.0. The number of hydrogen-bond donors (Lipinski definition) is 1. The Bertz CT molecular complexity index is 2140.